The molecule has 0 saturated heterocycles. The van der Waals surface area contributed by atoms with Crippen molar-refractivity contribution in [2.45, 2.75) is 0 Å². The Morgan fingerprint density at radius 1 is 1.00 bits per heavy atom. The van der Waals surface area contributed by atoms with Crippen molar-refractivity contribution in [2.75, 3.05) is 0 Å². The Morgan fingerprint density at radius 2 is 1.00 bits per heavy atom. The maximum atomic E-state index is 0. The van der Waals surface area contributed by atoms with E-state index >= 15 is 0 Å². The third-order valence-corrected chi connectivity index (χ3v) is 0. The number of hydrogen-bond acceptors (Lipinski definition) is 0. The van der Waals surface area contributed by atoms with Crippen molar-refractivity contribution in [1.82, 2.24) is 0 Å². The Kier molecular flexibility index (Phi) is 173. The summed E-state index contributed by atoms with van der Waals surface area (Å²) in [6.45, 7) is 0. The molecule has 0 amide bonds. The van der Waals surface area contributed by atoms with Crippen molar-refractivity contribution in [3.63, 3.8) is 0 Å². The van der Waals surface area contributed by atoms with Gasteiger partial charge in [-0.05, 0) is 0 Å². The second-order valence-electron chi connectivity index (χ2n) is 0. The van der Waals surface area contributed by atoms with E-state index in [0.717, 1.165) is 0 Å². The predicted octanol–water partition coefficient (Wildman–Crippen LogP) is -9.48. The van der Waals surface area contributed by atoms with Crippen molar-refractivity contribution in [2.24, 2.45) is 0 Å². The molecular formula is H5KNa2NiO. The second-order valence-corrected chi connectivity index (χ2v) is 0. The van der Waals surface area contributed by atoms with Crippen LogP contribution in [-0.4, -0.2) is 5.48 Å². The van der Waals surface area contributed by atoms with Crippen molar-refractivity contribution < 1.29 is 137 Å². The van der Waals surface area contributed by atoms with E-state index in [-0.39, 0.29) is 137 Å². The SMILES string of the molecule is O.[H-].[H-].[H-].[K+].[Na+].[Na+].[Ni]. The second kappa shape index (κ2) is 24.3. The first-order chi connectivity index (χ1) is 0. The Balaban J connectivity index is 0. The molecule has 24 valence electrons. The van der Waals surface area contributed by atoms with Crippen LogP contribution in [0.25, 0.3) is 0 Å². The van der Waals surface area contributed by atoms with Crippen LogP contribution in [0.15, 0.2) is 0 Å². The van der Waals surface area contributed by atoms with Crippen molar-refractivity contribution in [3.05, 3.63) is 0 Å². The molecule has 0 aliphatic heterocycles. The van der Waals surface area contributed by atoms with Gasteiger partial charge in [-0.25, -0.2) is 0 Å². The topological polar surface area (TPSA) is 31.5 Å². The molecule has 5 heavy (non-hydrogen) atoms. The Bertz CT molecular complexity index is 17.2. The summed E-state index contributed by atoms with van der Waals surface area (Å²) in [4.78, 5) is 0. The minimum Gasteiger partial charge on any atom is -1.00 e. The van der Waals surface area contributed by atoms with Crippen LogP contribution in [0, 0.1) is 0 Å². The van der Waals surface area contributed by atoms with Crippen LogP contribution >= 0.6 is 0 Å². The largest absolute Gasteiger partial charge is 1.00 e. The van der Waals surface area contributed by atoms with E-state index in [1.165, 1.54) is 0 Å². The van der Waals surface area contributed by atoms with Crippen LogP contribution < -0.4 is 110 Å². The van der Waals surface area contributed by atoms with Crippen molar-refractivity contribution >= 4 is 0 Å². The zero-order chi connectivity index (χ0) is 0. The van der Waals surface area contributed by atoms with Gasteiger partial charge in [0.2, 0.25) is 0 Å². The molecule has 0 spiro atoms. The third kappa shape index (κ3) is 17.9. The maximum absolute atomic E-state index is 0. The molecule has 0 fully saturated rings. The summed E-state index contributed by atoms with van der Waals surface area (Å²) in [6.07, 6.45) is 0. The molecule has 1 nitrogen and oxygen atoms in total. The van der Waals surface area contributed by atoms with Gasteiger partial charge < -0.3 is 9.76 Å². The maximum Gasteiger partial charge on any atom is 1.00 e. The average molecular weight is 165 g/mol. The van der Waals surface area contributed by atoms with Gasteiger partial charge in [-0.2, -0.15) is 0 Å². The van der Waals surface area contributed by atoms with Gasteiger partial charge >= 0.3 is 110 Å². The first-order valence-corrected chi connectivity index (χ1v) is 0. The van der Waals surface area contributed by atoms with E-state index in [1.54, 1.807) is 0 Å². The van der Waals surface area contributed by atoms with Gasteiger partial charge in [-0.1, -0.05) is 0 Å². The van der Waals surface area contributed by atoms with Crippen LogP contribution in [-0.2, 0) is 16.5 Å². The molecule has 0 aromatic heterocycles. The molecule has 0 heterocycles. The Morgan fingerprint density at radius 3 is 1.00 bits per heavy atom. The molecule has 2 N–H and O–H groups in total. The van der Waals surface area contributed by atoms with Crippen LogP contribution in [0.1, 0.15) is 4.28 Å². The molecule has 0 saturated carbocycles. The van der Waals surface area contributed by atoms with E-state index in [4.69, 9.17) is 0 Å². The summed E-state index contributed by atoms with van der Waals surface area (Å²) < 4.78 is 0. The van der Waals surface area contributed by atoms with E-state index in [0.29, 0.717) is 0 Å². The fourth-order valence-corrected chi connectivity index (χ4v) is 0. The molecule has 0 unspecified atom stereocenters. The summed E-state index contributed by atoms with van der Waals surface area (Å²) in [7, 11) is 0. The van der Waals surface area contributed by atoms with Crippen LogP contribution in [0.5, 0.6) is 0 Å². The normalized spacial score (nSPS) is 0. The first kappa shape index (κ1) is 35.6. The van der Waals surface area contributed by atoms with Gasteiger partial charge in [0.1, 0.15) is 0 Å². The summed E-state index contributed by atoms with van der Waals surface area (Å²) >= 11 is 0. The van der Waals surface area contributed by atoms with Gasteiger partial charge in [0.25, 0.3) is 0 Å². The van der Waals surface area contributed by atoms with Crippen LogP contribution in [0.2, 0.25) is 0 Å². The Hall–Kier alpha value is 4.09. The van der Waals surface area contributed by atoms with Gasteiger partial charge in [0.05, 0.1) is 0 Å². The van der Waals surface area contributed by atoms with Crippen LogP contribution in [0.4, 0.5) is 0 Å². The fourth-order valence-electron chi connectivity index (χ4n) is 0. The zero-order valence-corrected chi connectivity index (χ0v) is 11.9. The van der Waals surface area contributed by atoms with Gasteiger partial charge in [0.15, 0.2) is 0 Å². The molecule has 0 rings (SSSR count). The molecule has 0 bridgehead atoms. The molecular weight excluding hydrogens is 160 g/mol. The smallest absolute Gasteiger partial charge is 1.00 e. The third-order valence-electron chi connectivity index (χ3n) is 0. The standard InChI is InChI=1S/K.2Na.Ni.H2O.3H/h;;;;1H2;;;/q3*+1;;;3*-1. The molecule has 0 aliphatic carbocycles. The fraction of sp³-hybridized carbons (Fsp3) is 0. The van der Waals surface area contributed by atoms with Gasteiger partial charge in [-0.15, -0.1) is 0 Å². The average Bonchev–Trinajstić information content (AvgIpc) is 0. The van der Waals surface area contributed by atoms with Crippen molar-refractivity contribution in [3.8, 4) is 0 Å². The van der Waals surface area contributed by atoms with E-state index in [2.05, 4.69) is 0 Å². The summed E-state index contributed by atoms with van der Waals surface area (Å²) in [5, 5.41) is 0. The summed E-state index contributed by atoms with van der Waals surface area (Å²) in [6, 6.07) is 0. The predicted molar refractivity (Wildman–Crippen MR) is 6.95 cm³/mol. The minimum atomic E-state index is 0. The molecule has 0 atom stereocenters. The molecule has 0 aliphatic rings. The summed E-state index contributed by atoms with van der Waals surface area (Å²) in [5.74, 6) is 0. The number of rotatable bonds is 0. The molecule has 0 aromatic carbocycles. The van der Waals surface area contributed by atoms with Crippen LogP contribution in [0.3, 0.4) is 0 Å². The van der Waals surface area contributed by atoms with E-state index in [9.17, 15) is 0 Å². The monoisotopic (exact) mass is 164 g/mol. The molecule has 0 radical (unpaired) electrons. The minimum absolute atomic E-state index is 0. The van der Waals surface area contributed by atoms with Gasteiger partial charge in [0, 0.05) is 16.5 Å². The van der Waals surface area contributed by atoms with E-state index < -0.39 is 0 Å². The van der Waals surface area contributed by atoms with Crippen molar-refractivity contribution in [1.29, 1.82) is 0 Å². The summed E-state index contributed by atoms with van der Waals surface area (Å²) in [5.41, 5.74) is 0. The Labute approximate surface area is 133 Å². The first-order valence-electron chi connectivity index (χ1n) is 0. The molecule has 0 aromatic rings. The number of hydrogen-bond donors (Lipinski definition) is 0. The zero-order valence-electron chi connectivity index (χ0n) is 6.82. The molecule has 5 heteroatoms. The van der Waals surface area contributed by atoms with E-state index in [1.807, 2.05) is 0 Å². The quantitative estimate of drug-likeness (QED) is 0.319. The van der Waals surface area contributed by atoms with Gasteiger partial charge in [-0.3, -0.25) is 0 Å².